The molecule has 0 aliphatic rings. The number of anilines is 1. The van der Waals surface area contributed by atoms with Crippen LogP contribution in [0.5, 0.6) is 5.75 Å². The van der Waals surface area contributed by atoms with Crippen LogP contribution in [0.25, 0.3) is 0 Å². The van der Waals surface area contributed by atoms with Crippen molar-refractivity contribution in [2.24, 2.45) is 0 Å². The summed E-state index contributed by atoms with van der Waals surface area (Å²) in [6.07, 6.45) is 1.27. The first-order chi connectivity index (χ1) is 9.53. The molecule has 1 aromatic carbocycles. The van der Waals surface area contributed by atoms with E-state index in [-0.39, 0.29) is 11.5 Å². The van der Waals surface area contributed by atoms with Crippen LogP contribution in [0.15, 0.2) is 30.0 Å². The van der Waals surface area contributed by atoms with Gasteiger partial charge in [-0.2, -0.15) is 10.5 Å². The Labute approximate surface area is 117 Å². The summed E-state index contributed by atoms with van der Waals surface area (Å²) in [4.78, 5) is 13.3. The third kappa shape index (κ3) is 3.50. The molecule has 6 heteroatoms. The second-order valence-electron chi connectivity index (χ2n) is 4.04. The lowest BCUT2D eigenvalue weighted by Crippen LogP contribution is -2.21. The summed E-state index contributed by atoms with van der Waals surface area (Å²) >= 11 is 0. The van der Waals surface area contributed by atoms with Crippen LogP contribution >= 0.6 is 0 Å². The van der Waals surface area contributed by atoms with E-state index in [9.17, 15) is 4.79 Å². The van der Waals surface area contributed by atoms with Gasteiger partial charge in [0.2, 0.25) is 0 Å². The number of carbonyl (C=O) groups excluding carboxylic acids is 1. The lowest BCUT2D eigenvalue weighted by molar-refractivity contribution is 0.0827. The number of carbonyl (C=O) groups is 1. The average Bonchev–Trinajstić information content (AvgIpc) is 2.47. The maximum atomic E-state index is 11.9. The molecule has 6 nitrogen and oxygen atoms in total. The van der Waals surface area contributed by atoms with Crippen LogP contribution in [0.2, 0.25) is 0 Å². The number of nitriles is 2. The summed E-state index contributed by atoms with van der Waals surface area (Å²) in [7, 11) is 4.80. The number of allylic oxidation sites excluding steroid dienone is 1. The minimum atomic E-state index is -0.152. The van der Waals surface area contributed by atoms with Gasteiger partial charge in [0.25, 0.3) is 5.91 Å². The quantitative estimate of drug-likeness (QED) is 0.842. The third-order valence-corrected chi connectivity index (χ3v) is 2.47. The Balaban J connectivity index is 3.14. The lowest BCUT2D eigenvalue weighted by atomic mass is 10.1. The summed E-state index contributed by atoms with van der Waals surface area (Å²) < 4.78 is 5.16. The summed E-state index contributed by atoms with van der Waals surface area (Å²) in [6.45, 7) is 0. The smallest absolute Gasteiger partial charge is 0.253 e. The molecule has 0 saturated carbocycles. The molecule has 0 aromatic heterocycles. The van der Waals surface area contributed by atoms with E-state index in [1.165, 1.54) is 18.2 Å². The molecule has 0 fully saturated rings. The van der Waals surface area contributed by atoms with Gasteiger partial charge < -0.3 is 15.0 Å². The fourth-order valence-corrected chi connectivity index (χ4v) is 1.45. The molecular weight excluding hydrogens is 256 g/mol. The van der Waals surface area contributed by atoms with Crippen molar-refractivity contribution in [3.8, 4) is 17.9 Å². The average molecular weight is 270 g/mol. The van der Waals surface area contributed by atoms with Crippen LogP contribution in [0, 0.1) is 22.7 Å². The summed E-state index contributed by atoms with van der Waals surface area (Å²) in [5.74, 6) is 0.354. The highest BCUT2D eigenvalue weighted by molar-refractivity contribution is 5.95. The number of rotatable bonds is 4. The number of ether oxygens (including phenoxy) is 1. The van der Waals surface area contributed by atoms with Gasteiger partial charge in [0.1, 0.15) is 23.5 Å². The molecule has 1 N–H and O–H groups in total. The maximum absolute atomic E-state index is 11.9. The Morgan fingerprint density at radius 1 is 1.35 bits per heavy atom. The Kier molecular flexibility index (Phi) is 5.13. The first-order valence-corrected chi connectivity index (χ1v) is 5.70. The van der Waals surface area contributed by atoms with Crippen molar-refractivity contribution < 1.29 is 9.53 Å². The fourth-order valence-electron chi connectivity index (χ4n) is 1.45. The molecule has 0 atom stereocenters. The minimum Gasteiger partial charge on any atom is -0.495 e. The second kappa shape index (κ2) is 6.81. The fraction of sp³-hybridized carbons (Fsp3) is 0.214. The molecule has 0 aliphatic heterocycles. The predicted molar refractivity (Wildman–Crippen MR) is 73.9 cm³/mol. The van der Waals surface area contributed by atoms with E-state index >= 15 is 0 Å². The molecular formula is C14H14N4O2. The zero-order valence-corrected chi connectivity index (χ0v) is 11.5. The van der Waals surface area contributed by atoms with Gasteiger partial charge in [-0.1, -0.05) is 0 Å². The van der Waals surface area contributed by atoms with E-state index in [2.05, 4.69) is 5.32 Å². The van der Waals surface area contributed by atoms with Crippen molar-refractivity contribution in [1.29, 1.82) is 10.5 Å². The molecule has 0 heterocycles. The van der Waals surface area contributed by atoms with Gasteiger partial charge in [-0.3, -0.25) is 4.79 Å². The van der Waals surface area contributed by atoms with E-state index in [1.54, 1.807) is 44.4 Å². The van der Waals surface area contributed by atoms with Gasteiger partial charge in [-0.05, 0) is 18.2 Å². The summed E-state index contributed by atoms with van der Waals surface area (Å²) in [6, 6.07) is 8.36. The van der Waals surface area contributed by atoms with Crippen LogP contribution in [0.3, 0.4) is 0 Å². The van der Waals surface area contributed by atoms with E-state index in [0.29, 0.717) is 17.0 Å². The second-order valence-corrected chi connectivity index (χ2v) is 4.04. The lowest BCUT2D eigenvalue weighted by Gasteiger charge is -2.13. The number of methoxy groups -OCH3 is 1. The van der Waals surface area contributed by atoms with E-state index < -0.39 is 0 Å². The topological polar surface area (TPSA) is 89.2 Å². The number of amides is 1. The summed E-state index contributed by atoms with van der Waals surface area (Å²) in [5, 5.41) is 20.1. The monoisotopic (exact) mass is 270 g/mol. The first kappa shape index (κ1) is 15.1. The van der Waals surface area contributed by atoms with Crippen LogP contribution < -0.4 is 10.1 Å². The van der Waals surface area contributed by atoms with Gasteiger partial charge in [0, 0.05) is 25.9 Å². The predicted octanol–water partition coefficient (Wildman–Crippen LogP) is 1.74. The minimum absolute atomic E-state index is 0.0728. The van der Waals surface area contributed by atoms with E-state index in [0.717, 1.165) is 0 Å². The highest BCUT2D eigenvalue weighted by atomic mass is 16.5. The molecule has 1 amide bonds. The van der Waals surface area contributed by atoms with Gasteiger partial charge in [0.15, 0.2) is 0 Å². The molecule has 0 spiro atoms. The molecule has 0 bridgehead atoms. The number of nitrogens with one attached hydrogen (secondary N) is 1. The van der Waals surface area contributed by atoms with Crippen molar-refractivity contribution in [3.63, 3.8) is 0 Å². The zero-order chi connectivity index (χ0) is 15.1. The largest absolute Gasteiger partial charge is 0.495 e. The van der Waals surface area contributed by atoms with Crippen LogP contribution in [0.4, 0.5) is 5.69 Å². The first-order valence-electron chi connectivity index (χ1n) is 5.70. The van der Waals surface area contributed by atoms with Gasteiger partial charge >= 0.3 is 0 Å². The number of hydrogen-bond donors (Lipinski definition) is 1. The van der Waals surface area contributed by atoms with Crippen molar-refractivity contribution in [3.05, 3.63) is 35.5 Å². The normalized spacial score (nSPS) is 8.85. The Bertz CT molecular complexity index is 605. The highest BCUT2D eigenvalue weighted by Gasteiger charge is 2.11. The number of nitrogens with zero attached hydrogens (tertiary/aromatic N) is 3. The zero-order valence-electron chi connectivity index (χ0n) is 11.5. The molecule has 0 radical (unpaired) electrons. The Morgan fingerprint density at radius 2 is 2.00 bits per heavy atom. The van der Waals surface area contributed by atoms with Gasteiger partial charge in [0.05, 0.1) is 12.8 Å². The van der Waals surface area contributed by atoms with Crippen molar-refractivity contribution in [2.75, 3.05) is 26.5 Å². The third-order valence-electron chi connectivity index (χ3n) is 2.47. The molecule has 1 aromatic rings. The highest BCUT2D eigenvalue weighted by Crippen LogP contribution is 2.26. The van der Waals surface area contributed by atoms with E-state index in [4.69, 9.17) is 15.3 Å². The molecule has 0 saturated heterocycles. The summed E-state index contributed by atoms with van der Waals surface area (Å²) in [5.41, 5.74) is 0.904. The molecule has 0 unspecified atom stereocenters. The molecule has 0 aliphatic carbocycles. The van der Waals surface area contributed by atoms with E-state index in [1.807, 2.05) is 0 Å². The number of benzene rings is 1. The van der Waals surface area contributed by atoms with Gasteiger partial charge in [-0.15, -0.1) is 0 Å². The molecule has 102 valence electrons. The van der Waals surface area contributed by atoms with Crippen LogP contribution in [0.1, 0.15) is 10.4 Å². The van der Waals surface area contributed by atoms with Gasteiger partial charge in [-0.25, -0.2) is 0 Å². The Hall–Kier alpha value is -2.99. The van der Waals surface area contributed by atoms with Crippen LogP contribution in [-0.4, -0.2) is 32.0 Å². The molecule has 20 heavy (non-hydrogen) atoms. The maximum Gasteiger partial charge on any atom is 0.253 e. The van der Waals surface area contributed by atoms with Crippen LogP contribution in [-0.2, 0) is 0 Å². The molecule has 1 rings (SSSR count). The standard InChI is InChI=1S/C14H14N4O2/c1-18(2)14(19)11-4-5-13(20-3)12(6-11)17-9-10(7-15)8-16/h4-6,9,17H,1-3H3. The SMILES string of the molecule is COc1ccc(C(=O)N(C)C)cc1NC=C(C#N)C#N. The Morgan fingerprint density at radius 3 is 2.50 bits per heavy atom. The van der Waals surface area contributed by atoms with Crippen molar-refractivity contribution >= 4 is 11.6 Å². The number of hydrogen-bond acceptors (Lipinski definition) is 5. The van der Waals surface area contributed by atoms with Crippen molar-refractivity contribution in [1.82, 2.24) is 4.90 Å². The van der Waals surface area contributed by atoms with Crippen molar-refractivity contribution in [2.45, 2.75) is 0 Å².